The highest BCUT2D eigenvalue weighted by Crippen LogP contribution is 2.31. The van der Waals surface area contributed by atoms with E-state index in [2.05, 4.69) is 33.4 Å². The number of aromatic carboxylic acids is 1. The molecule has 134 valence electrons. The summed E-state index contributed by atoms with van der Waals surface area (Å²) in [4.78, 5) is 11.2. The van der Waals surface area contributed by atoms with Gasteiger partial charge in [0.1, 0.15) is 11.3 Å². The van der Waals surface area contributed by atoms with E-state index in [0.717, 1.165) is 12.8 Å². The first kappa shape index (κ1) is 19.4. The molecule has 4 N–H and O–H groups in total. The number of aliphatic hydroxyl groups is 1. The summed E-state index contributed by atoms with van der Waals surface area (Å²) < 4.78 is 0.249. The van der Waals surface area contributed by atoms with Crippen molar-refractivity contribution in [2.75, 3.05) is 6.54 Å². The molecule has 0 saturated carbocycles. The lowest BCUT2D eigenvalue weighted by molar-refractivity contribution is 0.0693. The summed E-state index contributed by atoms with van der Waals surface area (Å²) in [7, 11) is 0. The van der Waals surface area contributed by atoms with Crippen LogP contribution in [0.15, 0.2) is 46.9 Å². The molecule has 0 aliphatic heterocycles. The lowest BCUT2D eigenvalue weighted by Gasteiger charge is -2.18. The Morgan fingerprint density at radius 1 is 1.24 bits per heavy atom. The molecule has 0 radical (unpaired) electrons. The van der Waals surface area contributed by atoms with E-state index in [1.165, 1.54) is 17.7 Å². The number of nitrogens with one attached hydrogen (secondary N) is 1. The number of carboxylic acid groups (broad SMARTS) is 1. The number of benzene rings is 2. The predicted molar refractivity (Wildman–Crippen MR) is 100.0 cm³/mol. The fourth-order valence-electron chi connectivity index (χ4n) is 2.54. The number of carboxylic acids is 1. The van der Waals surface area contributed by atoms with Crippen molar-refractivity contribution in [1.29, 1.82) is 0 Å². The molecule has 2 aromatic carbocycles. The number of rotatable bonds is 8. The third kappa shape index (κ3) is 5.56. The molecule has 0 aromatic heterocycles. The highest BCUT2D eigenvalue weighted by atomic mass is 79.9. The SMILES string of the molecule is CC(CCc1ccccc1)NCC(O)c1cc(Br)c(O)c(C(=O)O)c1. The molecule has 0 heterocycles. The van der Waals surface area contributed by atoms with Crippen LogP contribution in [0, 0.1) is 0 Å². The van der Waals surface area contributed by atoms with Gasteiger partial charge in [-0.1, -0.05) is 30.3 Å². The van der Waals surface area contributed by atoms with E-state index >= 15 is 0 Å². The summed E-state index contributed by atoms with van der Waals surface area (Å²) >= 11 is 3.12. The van der Waals surface area contributed by atoms with E-state index in [4.69, 9.17) is 5.11 Å². The maximum atomic E-state index is 11.2. The fraction of sp³-hybridized carbons (Fsp3) is 0.316. The Labute approximate surface area is 155 Å². The molecule has 0 aliphatic carbocycles. The third-order valence-corrected chi connectivity index (χ3v) is 4.67. The average Bonchev–Trinajstić information content (AvgIpc) is 2.60. The first-order valence-corrected chi connectivity index (χ1v) is 8.89. The molecule has 0 saturated heterocycles. The summed E-state index contributed by atoms with van der Waals surface area (Å²) in [6.45, 7) is 2.34. The van der Waals surface area contributed by atoms with Gasteiger partial charge in [-0.05, 0) is 59.0 Å². The number of phenols is 1. The minimum absolute atomic E-state index is 0.203. The van der Waals surface area contributed by atoms with Crippen LogP contribution in [-0.4, -0.2) is 33.9 Å². The van der Waals surface area contributed by atoms with Crippen LogP contribution < -0.4 is 5.32 Å². The highest BCUT2D eigenvalue weighted by molar-refractivity contribution is 9.10. The van der Waals surface area contributed by atoms with E-state index < -0.39 is 12.1 Å². The van der Waals surface area contributed by atoms with Gasteiger partial charge < -0.3 is 20.6 Å². The number of aromatic hydroxyl groups is 1. The Morgan fingerprint density at radius 2 is 1.92 bits per heavy atom. The van der Waals surface area contributed by atoms with E-state index in [0.29, 0.717) is 12.1 Å². The lowest BCUT2D eigenvalue weighted by Crippen LogP contribution is -2.30. The molecule has 6 heteroatoms. The molecule has 2 atom stereocenters. The number of carbonyl (C=O) groups is 1. The van der Waals surface area contributed by atoms with Gasteiger partial charge in [0.25, 0.3) is 0 Å². The van der Waals surface area contributed by atoms with Gasteiger partial charge in [-0.25, -0.2) is 4.79 Å². The van der Waals surface area contributed by atoms with Gasteiger partial charge in [0.2, 0.25) is 0 Å². The quantitative estimate of drug-likeness (QED) is 0.537. The summed E-state index contributed by atoms with van der Waals surface area (Å²) in [6, 6.07) is 13.2. The van der Waals surface area contributed by atoms with Crippen molar-refractivity contribution < 1.29 is 20.1 Å². The summed E-state index contributed by atoms with van der Waals surface area (Å²) in [5.41, 5.74) is 1.47. The number of hydrogen-bond acceptors (Lipinski definition) is 4. The summed E-state index contributed by atoms with van der Waals surface area (Å²) in [5.74, 6) is -1.58. The number of halogens is 1. The van der Waals surface area contributed by atoms with Crippen LogP contribution in [0.5, 0.6) is 5.75 Å². The van der Waals surface area contributed by atoms with Crippen molar-refractivity contribution in [2.45, 2.75) is 31.9 Å². The minimum atomic E-state index is -1.24. The molecule has 0 spiro atoms. The lowest BCUT2D eigenvalue weighted by atomic mass is 10.0. The Bertz CT molecular complexity index is 721. The van der Waals surface area contributed by atoms with Crippen LogP contribution in [0.4, 0.5) is 0 Å². The van der Waals surface area contributed by atoms with Gasteiger partial charge in [-0.15, -0.1) is 0 Å². The molecule has 2 rings (SSSR count). The molecular formula is C19H22BrNO4. The van der Waals surface area contributed by atoms with Crippen molar-refractivity contribution in [1.82, 2.24) is 5.32 Å². The fourth-order valence-corrected chi connectivity index (χ4v) is 3.01. The normalized spacial score (nSPS) is 13.4. The van der Waals surface area contributed by atoms with Gasteiger partial charge >= 0.3 is 5.97 Å². The van der Waals surface area contributed by atoms with Crippen LogP contribution >= 0.6 is 15.9 Å². The molecule has 0 fully saturated rings. The standard InChI is InChI=1S/C19H22BrNO4/c1-12(7-8-13-5-3-2-4-6-13)21-11-17(22)14-9-15(19(24)25)18(23)16(20)10-14/h2-6,9-10,12,17,21-23H,7-8,11H2,1H3,(H,24,25). The minimum Gasteiger partial charge on any atom is -0.506 e. The van der Waals surface area contributed by atoms with Gasteiger partial charge in [-0.2, -0.15) is 0 Å². The third-order valence-electron chi connectivity index (χ3n) is 4.07. The van der Waals surface area contributed by atoms with Crippen molar-refractivity contribution in [3.05, 3.63) is 63.6 Å². The first-order valence-electron chi connectivity index (χ1n) is 8.09. The Kier molecular flexibility index (Phi) is 6.99. The smallest absolute Gasteiger partial charge is 0.339 e. The second-order valence-corrected chi connectivity index (χ2v) is 6.91. The van der Waals surface area contributed by atoms with Crippen LogP contribution in [-0.2, 0) is 6.42 Å². The largest absolute Gasteiger partial charge is 0.506 e. The van der Waals surface area contributed by atoms with Crippen LogP contribution in [0.1, 0.15) is 40.9 Å². The molecule has 0 amide bonds. The zero-order valence-corrected chi connectivity index (χ0v) is 15.5. The Hall–Kier alpha value is -1.89. The van der Waals surface area contributed by atoms with Crippen molar-refractivity contribution in [2.24, 2.45) is 0 Å². The molecule has 2 aromatic rings. The highest BCUT2D eigenvalue weighted by Gasteiger charge is 2.18. The molecule has 5 nitrogen and oxygen atoms in total. The molecule has 25 heavy (non-hydrogen) atoms. The molecule has 0 aliphatic rings. The second-order valence-electron chi connectivity index (χ2n) is 6.05. The summed E-state index contributed by atoms with van der Waals surface area (Å²) in [6.07, 6.45) is 1.00. The second kappa shape index (κ2) is 8.99. The number of aryl methyl sites for hydroxylation is 1. The van der Waals surface area contributed by atoms with Gasteiger partial charge in [0.15, 0.2) is 0 Å². The van der Waals surface area contributed by atoms with Crippen LogP contribution in [0.2, 0.25) is 0 Å². The van der Waals surface area contributed by atoms with E-state index in [1.54, 1.807) is 0 Å². The van der Waals surface area contributed by atoms with E-state index in [1.807, 2.05) is 25.1 Å². The van der Waals surface area contributed by atoms with Gasteiger partial charge in [0.05, 0.1) is 10.6 Å². The van der Waals surface area contributed by atoms with Crippen molar-refractivity contribution in [3.63, 3.8) is 0 Å². The van der Waals surface area contributed by atoms with Gasteiger partial charge in [0, 0.05) is 12.6 Å². The number of hydrogen-bond donors (Lipinski definition) is 4. The Balaban J connectivity index is 1.91. The maximum Gasteiger partial charge on any atom is 0.339 e. The average molecular weight is 408 g/mol. The Morgan fingerprint density at radius 3 is 2.56 bits per heavy atom. The zero-order valence-electron chi connectivity index (χ0n) is 13.9. The molecule has 2 unspecified atom stereocenters. The van der Waals surface area contributed by atoms with Crippen molar-refractivity contribution >= 4 is 21.9 Å². The van der Waals surface area contributed by atoms with E-state index in [9.17, 15) is 15.0 Å². The van der Waals surface area contributed by atoms with Crippen molar-refractivity contribution in [3.8, 4) is 5.75 Å². The molecular weight excluding hydrogens is 386 g/mol. The zero-order chi connectivity index (χ0) is 18.4. The maximum absolute atomic E-state index is 11.2. The molecule has 0 bridgehead atoms. The first-order chi connectivity index (χ1) is 11.9. The van der Waals surface area contributed by atoms with E-state index in [-0.39, 0.29) is 21.8 Å². The van der Waals surface area contributed by atoms with Crippen LogP contribution in [0.25, 0.3) is 0 Å². The predicted octanol–water partition coefficient (Wildman–Crippen LogP) is 3.50. The summed E-state index contributed by atoms with van der Waals surface area (Å²) in [5, 5.41) is 32.4. The monoisotopic (exact) mass is 407 g/mol. The number of aliphatic hydroxyl groups excluding tert-OH is 1. The van der Waals surface area contributed by atoms with Crippen LogP contribution in [0.3, 0.4) is 0 Å². The van der Waals surface area contributed by atoms with Gasteiger partial charge in [-0.3, -0.25) is 0 Å². The topological polar surface area (TPSA) is 89.8 Å².